The molecule has 17 heavy (non-hydrogen) atoms. The van der Waals surface area contributed by atoms with E-state index in [-0.39, 0.29) is 11.9 Å². The quantitative estimate of drug-likeness (QED) is 0.758. The first-order valence-electron chi connectivity index (χ1n) is 4.55. The van der Waals surface area contributed by atoms with E-state index in [2.05, 4.69) is 20.9 Å². The van der Waals surface area contributed by atoms with Gasteiger partial charge in [-0.1, -0.05) is 0 Å². The van der Waals surface area contributed by atoms with Gasteiger partial charge in [-0.05, 0) is 34.5 Å². The summed E-state index contributed by atoms with van der Waals surface area (Å²) in [6, 6.07) is 1.48. The highest BCUT2D eigenvalue weighted by atomic mass is 79.9. The van der Waals surface area contributed by atoms with Crippen molar-refractivity contribution in [3.63, 3.8) is 0 Å². The predicted molar refractivity (Wildman–Crippen MR) is 58.0 cm³/mol. The highest BCUT2D eigenvalue weighted by Crippen LogP contribution is 2.32. The molecule has 7 heteroatoms. The lowest BCUT2D eigenvalue weighted by atomic mass is 10.3. The average molecular weight is 307 g/mol. The van der Waals surface area contributed by atoms with E-state index < -0.39 is 17.6 Å². The van der Waals surface area contributed by atoms with Crippen LogP contribution in [0.25, 0.3) is 5.65 Å². The third-order valence-electron chi connectivity index (χ3n) is 2.32. The number of nitrogens with zero attached hydrogens (tertiary/aromatic N) is 2. The maximum absolute atomic E-state index is 12.6. The van der Waals surface area contributed by atoms with Crippen molar-refractivity contribution in [1.82, 2.24) is 9.38 Å². The number of aromatic nitrogens is 2. The molecule has 0 saturated carbocycles. The number of rotatable bonds is 1. The minimum Gasteiger partial charge on any atom is -0.296 e. The SMILES string of the molecule is Cc1cc2nc(C(F)(F)F)c(C=O)n2cc1Br. The number of imidazole rings is 1. The maximum Gasteiger partial charge on any atom is 0.435 e. The van der Waals surface area contributed by atoms with E-state index in [1.807, 2.05) is 0 Å². The molecule has 0 atom stereocenters. The van der Waals surface area contributed by atoms with Gasteiger partial charge in [-0.25, -0.2) is 4.98 Å². The van der Waals surface area contributed by atoms with Gasteiger partial charge in [-0.15, -0.1) is 0 Å². The molecule has 0 spiro atoms. The van der Waals surface area contributed by atoms with Gasteiger partial charge in [0.05, 0.1) is 0 Å². The molecular weight excluding hydrogens is 301 g/mol. The molecule has 0 saturated heterocycles. The van der Waals surface area contributed by atoms with E-state index in [0.717, 1.165) is 9.96 Å². The molecule has 0 fully saturated rings. The number of fused-ring (bicyclic) bond motifs is 1. The van der Waals surface area contributed by atoms with Crippen LogP contribution in [0.4, 0.5) is 13.2 Å². The van der Waals surface area contributed by atoms with Gasteiger partial charge in [0.1, 0.15) is 11.3 Å². The van der Waals surface area contributed by atoms with Gasteiger partial charge in [-0.2, -0.15) is 13.2 Å². The zero-order valence-corrected chi connectivity index (χ0v) is 10.1. The Morgan fingerprint density at radius 3 is 2.65 bits per heavy atom. The fourth-order valence-corrected chi connectivity index (χ4v) is 1.82. The van der Waals surface area contributed by atoms with Crippen molar-refractivity contribution in [2.45, 2.75) is 13.1 Å². The molecule has 3 nitrogen and oxygen atoms in total. The summed E-state index contributed by atoms with van der Waals surface area (Å²) in [7, 11) is 0. The van der Waals surface area contributed by atoms with Crippen molar-refractivity contribution in [3.8, 4) is 0 Å². The van der Waals surface area contributed by atoms with Crippen molar-refractivity contribution < 1.29 is 18.0 Å². The smallest absolute Gasteiger partial charge is 0.296 e. The van der Waals surface area contributed by atoms with E-state index in [1.54, 1.807) is 6.92 Å². The largest absolute Gasteiger partial charge is 0.435 e. The summed E-state index contributed by atoms with van der Waals surface area (Å²) >= 11 is 3.19. The van der Waals surface area contributed by atoms with Crippen LogP contribution in [0.15, 0.2) is 16.7 Å². The van der Waals surface area contributed by atoms with Gasteiger partial charge in [0.2, 0.25) is 0 Å². The number of carbonyl (C=O) groups excluding carboxylic acids is 1. The Bertz CT molecular complexity index is 604. The van der Waals surface area contributed by atoms with Crippen molar-refractivity contribution in [1.29, 1.82) is 0 Å². The number of aryl methyl sites for hydroxylation is 1. The van der Waals surface area contributed by atoms with Crippen molar-refractivity contribution >= 4 is 27.9 Å². The molecule has 2 rings (SSSR count). The fourth-order valence-electron chi connectivity index (χ4n) is 1.50. The van der Waals surface area contributed by atoms with E-state index in [9.17, 15) is 18.0 Å². The van der Waals surface area contributed by atoms with Crippen molar-refractivity contribution in [2.24, 2.45) is 0 Å². The van der Waals surface area contributed by atoms with E-state index in [1.165, 1.54) is 12.3 Å². The van der Waals surface area contributed by atoms with Crippen molar-refractivity contribution in [2.75, 3.05) is 0 Å². The maximum atomic E-state index is 12.6. The second-order valence-electron chi connectivity index (χ2n) is 3.49. The first kappa shape index (κ1) is 12.1. The van der Waals surface area contributed by atoms with Crippen LogP contribution in [0.2, 0.25) is 0 Å². The van der Waals surface area contributed by atoms with Crippen LogP contribution in [0, 0.1) is 6.92 Å². The molecule has 0 N–H and O–H groups in total. The minimum absolute atomic E-state index is 0.0973. The Morgan fingerprint density at radius 1 is 1.47 bits per heavy atom. The second kappa shape index (κ2) is 3.83. The van der Waals surface area contributed by atoms with Crippen LogP contribution in [0.3, 0.4) is 0 Å². The highest BCUT2D eigenvalue weighted by Gasteiger charge is 2.37. The standard InChI is InChI=1S/C10H6BrF3N2O/c1-5-2-8-15-9(10(12,13)14)7(4-17)16(8)3-6(5)11/h2-4H,1H3. The number of pyridine rings is 1. The lowest BCUT2D eigenvalue weighted by molar-refractivity contribution is -0.141. The molecule has 0 aromatic carbocycles. The molecule has 0 aliphatic carbocycles. The van der Waals surface area contributed by atoms with Crippen LogP contribution in [-0.4, -0.2) is 15.7 Å². The Balaban J connectivity index is 2.85. The first-order valence-corrected chi connectivity index (χ1v) is 5.34. The number of hydrogen-bond donors (Lipinski definition) is 0. The van der Waals surface area contributed by atoms with Crippen LogP contribution < -0.4 is 0 Å². The summed E-state index contributed by atoms with van der Waals surface area (Å²) in [5.41, 5.74) is -0.813. The molecule has 0 amide bonds. The van der Waals surface area contributed by atoms with E-state index in [0.29, 0.717) is 4.47 Å². The monoisotopic (exact) mass is 306 g/mol. The lowest BCUT2D eigenvalue weighted by Gasteiger charge is -2.02. The topological polar surface area (TPSA) is 34.4 Å². The third-order valence-corrected chi connectivity index (χ3v) is 3.15. The van der Waals surface area contributed by atoms with Crippen molar-refractivity contribution in [3.05, 3.63) is 33.7 Å². The summed E-state index contributed by atoms with van der Waals surface area (Å²) in [4.78, 5) is 14.2. The zero-order valence-electron chi connectivity index (χ0n) is 8.55. The van der Waals surface area contributed by atoms with E-state index >= 15 is 0 Å². The number of alkyl halides is 3. The normalized spacial score (nSPS) is 12.1. The first-order chi connectivity index (χ1) is 7.84. The molecule has 0 unspecified atom stereocenters. The summed E-state index contributed by atoms with van der Waals surface area (Å²) in [6.07, 6.45) is -3.08. The van der Waals surface area contributed by atoms with Gasteiger partial charge >= 0.3 is 6.18 Å². The molecule has 2 heterocycles. The molecule has 2 aromatic heterocycles. The van der Waals surface area contributed by atoms with Gasteiger partial charge < -0.3 is 0 Å². The highest BCUT2D eigenvalue weighted by molar-refractivity contribution is 9.10. The molecule has 0 aliphatic heterocycles. The number of carbonyl (C=O) groups is 1. The van der Waals surface area contributed by atoms with E-state index in [4.69, 9.17) is 0 Å². The predicted octanol–water partition coefficient (Wildman–Crippen LogP) is 3.24. The summed E-state index contributed by atoms with van der Waals surface area (Å²) < 4.78 is 39.6. The van der Waals surface area contributed by atoms with Gasteiger partial charge in [0.15, 0.2) is 12.0 Å². The molecular formula is C10H6BrF3N2O. The van der Waals surface area contributed by atoms with Gasteiger partial charge in [-0.3, -0.25) is 9.20 Å². The second-order valence-corrected chi connectivity index (χ2v) is 4.35. The summed E-state index contributed by atoms with van der Waals surface area (Å²) in [5, 5.41) is 0. The van der Waals surface area contributed by atoms with Crippen LogP contribution in [-0.2, 0) is 6.18 Å². The number of aldehydes is 1. The fraction of sp³-hybridized carbons (Fsp3) is 0.200. The minimum atomic E-state index is -4.64. The average Bonchev–Trinajstić information content (AvgIpc) is 2.56. The Labute approximate surface area is 102 Å². The zero-order chi connectivity index (χ0) is 12.8. The molecule has 0 aliphatic rings. The Kier molecular flexibility index (Phi) is 2.73. The Hall–Kier alpha value is -1.37. The molecule has 2 aromatic rings. The Morgan fingerprint density at radius 2 is 2.12 bits per heavy atom. The van der Waals surface area contributed by atoms with Crippen LogP contribution in [0.1, 0.15) is 21.7 Å². The third kappa shape index (κ3) is 1.95. The molecule has 0 radical (unpaired) electrons. The number of hydrogen-bond acceptors (Lipinski definition) is 2. The number of halogens is 4. The lowest BCUT2D eigenvalue weighted by Crippen LogP contribution is -2.09. The summed E-state index contributed by atoms with van der Waals surface area (Å²) in [5.74, 6) is 0. The molecule has 0 bridgehead atoms. The van der Waals surface area contributed by atoms with Gasteiger partial charge in [0, 0.05) is 10.7 Å². The summed E-state index contributed by atoms with van der Waals surface area (Å²) in [6.45, 7) is 1.73. The van der Waals surface area contributed by atoms with Crippen LogP contribution in [0.5, 0.6) is 0 Å². The van der Waals surface area contributed by atoms with Gasteiger partial charge in [0.25, 0.3) is 0 Å². The molecule has 90 valence electrons. The van der Waals surface area contributed by atoms with Crippen LogP contribution >= 0.6 is 15.9 Å².